The number of aryl methyl sites for hydroxylation is 1. The van der Waals surface area contributed by atoms with Crippen LogP contribution in [0.4, 0.5) is 5.69 Å². The highest BCUT2D eigenvalue weighted by atomic mass is 16.6. The predicted molar refractivity (Wildman–Crippen MR) is 133 cm³/mol. The molecular formula is C26H30N6O4. The van der Waals surface area contributed by atoms with Gasteiger partial charge in [-0.3, -0.25) is 9.59 Å². The van der Waals surface area contributed by atoms with Gasteiger partial charge in [0, 0.05) is 23.4 Å². The molecule has 36 heavy (non-hydrogen) atoms. The lowest BCUT2D eigenvalue weighted by molar-refractivity contribution is -0.124. The van der Waals surface area contributed by atoms with Crippen LogP contribution in [-0.4, -0.2) is 57.8 Å². The molecule has 2 heterocycles. The molecule has 2 aromatic carbocycles. The Morgan fingerprint density at radius 1 is 1.03 bits per heavy atom. The lowest BCUT2D eigenvalue weighted by atomic mass is 9.95. The first-order valence-corrected chi connectivity index (χ1v) is 12.4. The minimum Gasteiger partial charge on any atom is -0.486 e. The molecule has 0 bridgehead atoms. The molecule has 1 fully saturated rings. The average molecular weight is 491 g/mol. The van der Waals surface area contributed by atoms with Gasteiger partial charge in [0.25, 0.3) is 5.91 Å². The van der Waals surface area contributed by atoms with E-state index in [-0.39, 0.29) is 30.9 Å². The third-order valence-corrected chi connectivity index (χ3v) is 6.45. The number of amides is 2. The predicted octanol–water partition coefficient (Wildman–Crippen LogP) is 2.90. The highest BCUT2D eigenvalue weighted by molar-refractivity contribution is 5.98. The minimum atomic E-state index is -0.335. The van der Waals surface area contributed by atoms with Crippen molar-refractivity contribution in [1.82, 2.24) is 25.5 Å². The highest BCUT2D eigenvalue weighted by Gasteiger charge is 2.25. The largest absolute Gasteiger partial charge is 0.486 e. The number of benzene rings is 2. The van der Waals surface area contributed by atoms with Crippen LogP contribution in [0.2, 0.25) is 0 Å². The third kappa shape index (κ3) is 5.64. The number of carbonyl (C=O) groups is 2. The summed E-state index contributed by atoms with van der Waals surface area (Å²) in [4.78, 5) is 29.1. The first-order valence-electron chi connectivity index (χ1n) is 12.4. The Labute approximate surface area is 209 Å². The lowest BCUT2D eigenvalue weighted by Gasteiger charge is -2.27. The van der Waals surface area contributed by atoms with E-state index < -0.39 is 0 Å². The molecular weight excluding hydrogens is 460 g/mol. The molecule has 1 N–H and O–H groups in total. The van der Waals surface area contributed by atoms with E-state index in [1.807, 2.05) is 31.2 Å². The van der Waals surface area contributed by atoms with Crippen LogP contribution in [0.1, 0.15) is 37.7 Å². The van der Waals surface area contributed by atoms with Crippen LogP contribution >= 0.6 is 0 Å². The zero-order chi connectivity index (χ0) is 24.9. The van der Waals surface area contributed by atoms with Gasteiger partial charge >= 0.3 is 0 Å². The van der Waals surface area contributed by atoms with Gasteiger partial charge in [-0.15, -0.1) is 10.2 Å². The molecule has 10 heteroatoms. The molecule has 1 saturated carbocycles. The van der Waals surface area contributed by atoms with E-state index in [2.05, 4.69) is 20.7 Å². The summed E-state index contributed by atoms with van der Waals surface area (Å²) in [5.41, 5.74) is 2.49. The standard InChI is InChI=1S/C26H30N6O4/c1-18-7-9-19(10-8-18)26-28-30-32(29-26)17-25(34)31(16-24(33)27-20-5-3-2-4-6-20)21-11-12-22-23(15-21)36-14-13-35-22/h7-12,15,20H,2-6,13-14,16-17H2,1H3,(H,27,33). The molecule has 0 saturated heterocycles. The van der Waals surface area contributed by atoms with Crippen LogP contribution < -0.4 is 19.7 Å². The van der Waals surface area contributed by atoms with Crippen molar-refractivity contribution in [3.05, 3.63) is 48.0 Å². The maximum atomic E-state index is 13.4. The Bertz CT molecular complexity index is 1220. The summed E-state index contributed by atoms with van der Waals surface area (Å²) in [7, 11) is 0. The molecule has 3 aromatic rings. The van der Waals surface area contributed by atoms with E-state index in [1.54, 1.807) is 18.2 Å². The molecule has 2 aliphatic rings. The molecule has 1 aliphatic heterocycles. The van der Waals surface area contributed by atoms with Crippen LogP contribution in [0.25, 0.3) is 11.4 Å². The Balaban J connectivity index is 1.34. The van der Waals surface area contributed by atoms with Gasteiger partial charge in [-0.05, 0) is 37.1 Å². The molecule has 0 radical (unpaired) electrons. The van der Waals surface area contributed by atoms with Crippen LogP contribution in [0.15, 0.2) is 42.5 Å². The second-order valence-electron chi connectivity index (χ2n) is 9.22. The van der Waals surface area contributed by atoms with Gasteiger partial charge in [0.15, 0.2) is 11.5 Å². The third-order valence-electron chi connectivity index (χ3n) is 6.45. The van der Waals surface area contributed by atoms with Crippen molar-refractivity contribution in [3.8, 4) is 22.9 Å². The molecule has 1 aliphatic carbocycles. The van der Waals surface area contributed by atoms with Crippen molar-refractivity contribution < 1.29 is 19.1 Å². The maximum absolute atomic E-state index is 13.4. The number of tetrazole rings is 1. The van der Waals surface area contributed by atoms with Crippen molar-refractivity contribution >= 4 is 17.5 Å². The Kier molecular flexibility index (Phi) is 7.11. The normalized spacial score (nSPS) is 15.4. The Morgan fingerprint density at radius 3 is 2.56 bits per heavy atom. The van der Waals surface area contributed by atoms with E-state index in [0.717, 1.165) is 36.8 Å². The highest BCUT2D eigenvalue weighted by Crippen LogP contribution is 2.34. The number of aromatic nitrogens is 4. The topological polar surface area (TPSA) is 111 Å². The van der Waals surface area contributed by atoms with E-state index in [4.69, 9.17) is 9.47 Å². The zero-order valence-corrected chi connectivity index (χ0v) is 20.4. The lowest BCUT2D eigenvalue weighted by Crippen LogP contribution is -2.46. The Morgan fingerprint density at radius 2 is 1.78 bits per heavy atom. The number of hydrogen-bond acceptors (Lipinski definition) is 7. The summed E-state index contributed by atoms with van der Waals surface area (Å²) in [5, 5.41) is 15.6. The van der Waals surface area contributed by atoms with E-state index in [1.165, 1.54) is 16.1 Å². The summed E-state index contributed by atoms with van der Waals surface area (Å²) in [6.07, 6.45) is 5.35. The smallest absolute Gasteiger partial charge is 0.251 e. The summed E-state index contributed by atoms with van der Waals surface area (Å²) >= 11 is 0. The van der Waals surface area contributed by atoms with Crippen molar-refractivity contribution in [2.24, 2.45) is 0 Å². The van der Waals surface area contributed by atoms with Gasteiger partial charge in [-0.25, -0.2) is 0 Å². The number of fused-ring (bicyclic) bond motifs is 1. The number of nitrogens with one attached hydrogen (secondary N) is 1. The van der Waals surface area contributed by atoms with Crippen molar-refractivity contribution in [1.29, 1.82) is 0 Å². The van der Waals surface area contributed by atoms with Gasteiger partial charge in [0.1, 0.15) is 26.3 Å². The zero-order valence-electron chi connectivity index (χ0n) is 20.4. The number of nitrogens with zero attached hydrogens (tertiary/aromatic N) is 5. The molecule has 5 rings (SSSR count). The summed E-state index contributed by atoms with van der Waals surface area (Å²) in [6.45, 7) is 2.62. The SMILES string of the molecule is Cc1ccc(-c2nnn(CC(=O)N(CC(=O)NC3CCCCC3)c3ccc4c(c3)OCCO4)n2)cc1. The van der Waals surface area contributed by atoms with Crippen LogP contribution in [0.3, 0.4) is 0 Å². The second-order valence-corrected chi connectivity index (χ2v) is 9.22. The number of anilines is 1. The number of carbonyl (C=O) groups excluding carboxylic acids is 2. The first kappa shape index (κ1) is 23.8. The molecule has 0 unspecified atom stereocenters. The van der Waals surface area contributed by atoms with Crippen LogP contribution in [0, 0.1) is 6.92 Å². The fourth-order valence-corrected chi connectivity index (χ4v) is 4.52. The van der Waals surface area contributed by atoms with Gasteiger partial charge < -0.3 is 19.7 Å². The van der Waals surface area contributed by atoms with Crippen LogP contribution in [-0.2, 0) is 16.1 Å². The number of rotatable bonds is 7. The molecule has 1 aromatic heterocycles. The number of hydrogen-bond donors (Lipinski definition) is 1. The monoisotopic (exact) mass is 490 g/mol. The molecule has 188 valence electrons. The second kappa shape index (κ2) is 10.8. The van der Waals surface area contributed by atoms with E-state index >= 15 is 0 Å². The molecule has 2 amide bonds. The summed E-state index contributed by atoms with van der Waals surface area (Å²) in [5.74, 6) is 1.06. The van der Waals surface area contributed by atoms with Gasteiger partial charge in [0.2, 0.25) is 11.7 Å². The van der Waals surface area contributed by atoms with E-state index in [0.29, 0.717) is 36.2 Å². The Hall–Kier alpha value is -3.95. The number of ether oxygens (including phenoxy) is 2. The van der Waals surface area contributed by atoms with Crippen molar-refractivity contribution in [3.63, 3.8) is 0 Å². The van der Waals surface area contributed by atoms with E-state index in [9.17, 15) is 9.59 Å². The fourth-order valence-electron chi connectivity index (χ4n) is 4.52. The maximum Gasteiger partial charge on any atom is 0.251 e. The van der Waals surface area contributed by atoms with Gasteiger partial charge in [-0.1, -0.05) is 49.1 Å². The van der Waals surface area contributed by atoms with Crippen molar-refractivity contribution in [2.45, 2.75) is 51.6 Å². The minimum absolute atomic E-state index is 0.117. The molecule has 0 spiro atoms. The summed E-state index contributed by atoms with van der Waals surface area (Å²) in [6, 6.07) is 13.2. The quantitative estimate of drug-likeness (QED) is 0.542. The average Bonchev–Trinajstić information content (AvgIpc) is 3.36. The fraction of sp³-hybridized carbons (Fsp3) is 0.423. The first-order chi connectivity index (χ1) is 17.5. The van der Waals surface area contributed by atoms with Crippen LogP contribution in [0.5, 0.6) is 11.5 Å². The van der Waals surface area contributed by atoms with Gasteiger partial charge in [0.05, 0.1) is 0 Å². The van der Waals surface area contributed by atoms with Crippen molar-refractivity contribution in [2.75, 3.05) is 24.7 Å². The van der Waals surface area contributed by atoms with Gasteiger partial charge in [-0.2, -0.15) is 4.80 Å². The molecule has 0 atom stereocenters. The summed E-state index contributed by atoms with van der Waals surface area (Å²) < 4.78 is 11.3. The molecule has 10 nitrogen and oxygen atoms in total.